The Morgan fingerprint density at radius 3 is 2.76 bits per heavy atom. The third-order valence-corrected chi connectivity index (χ3v) is 3.36. The van der Waals surface area contributed by atoms with Crippen LogP contribution in [0.25, 0.3) is 0 Å². The van der Waals surface area contributed by atoms with E-state index in [1.54, 1.807) is 18.3 Å². The molecule has 0 radical (unpaired) electrons. The highest BCUT2D eigenvalue weighted by Crippen LogP contribution is 2.22. The molecule has 21 heavy (non-hydrogen) atoms. The van der Waals surface area contributed by atoms with Crippen molar-refractivity contribution >= 4 is 17.4 Å². The van der Waals surface area contributed by atoms with Crippen molar-refractivity contribution in [2.75, 3.05) is 17.2 Å². The van der Waals surface area contributed by atoms with Crippen LogP contribution < -0.4 is 10.6 Å². The zero-order valence-electron chi connectivity index (χ0n) is 12.7. The van der Waals surface area contributed by atoms with E-state index in [4.69, 9.17) is 0 Å². The quantitative estimate of drug-likeness (QED) is 0.881. The van der Waals surface area contributed by atoms with E-state index in [-0.39, 0.29) is 5.91 Å². The van der Waals surface area contributed by atoms with Crippen LogP contribution in [0.5, 0.6) is 0 Å². The number of aromatic nitrogens is 1. The first-order valence-corrected chi connectivity index (χ1v) is 7.25. The highest BCUT2D eigenvalue weighted by Gasteiger charge is 2.11. The summed E-state index contributed by atoms with van der Waals surface area (Å²) in [5.74, 6) is 0.603. The van der Waals surface area contributed by atoms with Crippen LogP contribution in [-0.4, -0.2) is 17.4 Å². The van der Waals surface area contributed by atoms with Crippen LogP contribution in [0.1, 0.15) is 35.3 Å². The molecule has 110 valence electrons. The molecule has 2 N–H and O–H groups in total. The maximum atomic E-state index is 12.4. The summed E-state index contributed by atoms with van der Waals surface area (Å²) >= 11 is 0. The molecule has 2 aromatic rings. The molecular weight excluding hydrogens is 262 g/mol. The number of anilines is 2. The minimum Gasteiger partial charge on any atom is -0.370 e. The molecule has 0 unspecified atom stereocenters. The van der Waals surface area contributed by atoms with Crippen LogP contribution >= 0.6 is 0 Å². The lowest BCUT2D eigenvalue weighted by Crippen LogP contribution is -2.15. The fraction of sp³-hybridized carbons (Fsp3) is 0.294. The van der Waals surface area contributed by atoms with Gasteiger partial charge in [0.2, 0.25) is 0 Å². The molecule has 0 saturated heterocycles. The Morgan fingerprint density at radius 2 is 2.05 bits per heavy atom. The van der Waals surface area contributed by atoms with Crippen molar-refractivity contribution in [3.8, 4) is 0 Å². The van der Waals surface area contributed by atoms with E-state index in [1.165, 1.54) is 0 Å². The predicted octanol–water partition coefficient (Wildman–Crippen LogP) is 3.64. The number of nitrogens with one attached hydrogen (secondary N) is 2. The molecule has 4 nitrogen and oxygen atoms in total. The third kappa shape index (κ3) is 3.60. The maximum Gasteiger partial charge on any atom is 0.255 e. The predicted molar refractivity (Wildman–Crippen MR) is 86.9 cm³/mol. The van der Waals surface area contributed by atoms with Crippen molar-refractivity contribution in [3.63, 3.8) is 0 Å². The van der Waals surface area contributed by atoms with Gasteiger partial charge in [-0.2, -0.15) is 0 Å². The Kier molecular flexibility index (Phi) is 4.93. The molecular formula is C17H21N3O. The summed E-state index contributed by atoms with van der Waals surface area (Å²) < 4.78 is 0. The lowest BCUT2D eigenvalue weighted by molar-refractivity contribution is 0.102. The Morgan fingerprint density at radius 1 is 1.24 bits per heavy atom. The molecule has 4 heteroatoms. The average Bonchev–Trinajstić information content (AvgIpc) is 2.50. The van der Waals surface area contributed by atoms with Crippen LogP contribution in [0.3, 0.4) is 0 Å². The van der Waals surface area contributed by atoms with Crippen molar-refractivity contribution in [3.05, 3.63) is 53.2 Å². The van der Waals surface area contributed by atoms with Gasteiger partial charge in [0, 0.05) is 24.0 Å². The van der Waals surface area contributed by atoms with Gasteiger partial charge in [0.1, 0.15) is 5.82 Å². The molecule has 0 spiro atoms. The molecule has 0 atom stereocenters. The van der Waals surface area contributed by atoms with E-state index in [2.05, 4.69) is 22.5 Å². The van der Waals surface area contributed by atoms with Gasteiger partial charge in [-0.1, -0.05) is 25.1 Å². The van der Waals surface area contributed by atoms with E-state index >= 15 is 0 Å². The van der Waals surface area contributed by atoms with Crippen molar-refractivity contribution in [2.45, 2.75) is 27.2 Å². The van der Waals surface area contributed by atoms with Gasteiger partial charge in [0.15, 0.2) is 0 Å². The smallest absolute Gasteiger partial charge is 0.255 e. The van der Waals surface area contributed by atoms with Gasteiger partial charge in [-0.25, -0.2) is 4.98 Å². The van der Waals surface area contributed by atoms with Crippen molar-refractivity contribution in [1.29, 1.82) is 0 Å². The number of rotatable bonds is 5. The first-order valence-electron chi connectivity index (χ1n) is 7.25. The normalized spacial score (nSPS) is 10.2. The number of benzene rings is 1. The van der Waals surface area contributed by atoms with E-state index < -0.39 is 0 Å². The van der Waals surface area contributed by atoms with Crippen LogP contribution in [0.2, 0.25) is 0 Å². The number of aryl methyl sites for hydroxylation is 2. The highest BCUT2D eigenvalue weighted by atomic mass is 16.1. The standard InChI is InChI=1S/C17H21N3O/c1-4-13-8-6-7-12(3)16(13)20-17(21)14-9-10-19-15(11-14)18-5-2/h6-11H,4-5H2,1-3H3,(H,18,19)(H,20,21). The van der Waals surface area contributed by atoms with Crippen molar-refractivity contribution in [1.82, 2.24) is 4.98 Å². The zero-order valence-corrected chi connectivity index (χ0v) is 12.7. The van der Waals surface area contributed by atoms with Gasteiger partial charge in [-0.05, 0) is 43.5 Å². The summed E-state index contributed by atoms with van der Waals surface area (Å²) in [5, 5.41) is 6.13. The van der Waals surface area contributed by atoms with Gasteiger partial charge in [-0.3, -0.25) is 4.79 Å². The topological polar surface area (TPSA) is 54.0 Å². The summed E-state index contributed by atoms with van der Waals surface area (Å²) in [5.41, 5.74) is 3.73. The molecule has 1 amide bonds. The van der Waals surface area contributed by atoms with E-state index in [9.17, 15) is 4.79 Å². The SMILES string of the molecule is CCNc1cc(C(=O)Nc2c(C)cccc2CC)ccn1. The number of hydrogen-bond donors (Lipinski definition) is 2. The largest absolute Gasteiger partial charge is 0.370 e. The number of carbonyl (C=O) groups excluding carboxylic acids is 1. The molecule has 2 rings (SSSR count). The van der Waals surface area contributed by atoms with Crippen molar-refractivity contribution in [2.24, 2.45) is 0 Å². The molecule has 0 saturated carbocycles. The van der Waals surface area contributed by atoms with Crippen LogP contribution in [-0.2, 0) is 6.42 Å². The number of amides is 1. The molecule has 0 aliphatic heterocycles. The maximum absolute atomic E-state index is 12.4. The lowest BCUT2D eigenvalue weighted by Gasteiger charge is -2.13. The second kappa shape index (κ2) is 6.88. The van der Waals surface area contributed by atoms with Gasteiger partial charge in [-0.15, -0.1) is 0 Å². The van der Waals surface area contributed by atoms with Crippen LogP contribution in [0.15, 0.2) is 36.5 Å². The first-order chi connectivity index (χ1) is 10.2. The van der Waals surface area contributed by atoms with E-state index in [0.717, 1.165) is 29.8 Å². The lowest BCUT2D eigenvalue weighted by atomic mass is 10.1. The number of nitrogens with zero attached hydrogens (tertiary/aromatic N) is 1. The molecule has 1 aromatic carbocycles. The molecule has 0 bridgehead atoms. The number of hydrogen-bond acceptors (Lipinski definition) is 3. The average molecular weight is 283 g/mol. The third-order valence-electron chi connectivity index (χ3n) is 3.36. The second-order valence-corrected chi connectivity index (χ2v) is 4.88. The number of pyridine rings is 1. The summed E-state index contributed by atoms with van der Waals surface area (Å²) in [6.07, 6.45) is 2.53. The monoisotopic (exact) mass is 283 g/mol. The zero-order chi connectivity index (χ0) is 15.2. The molecule has 0 fully saturated rings. The Bertz CT molecular complexity index is 638. The minimum absolute atomic E-state index is 0.111. The van der Waals surface area contributed by atoms with E-state index in [1.807, 2.05) is 32.0 Å². The summed E-state index contributed by atoms with van der Waals surface area (Å²) in [4.78, 5) is 16.6. The van der Waals surface area contributed by atoms with Crippen LogP contribution in [0.4, 0.5) is 11.5 Å². The van der Waals surface area contributed by atoms with Gasteiger partial charge >= 0.3 is 0 Å². The van der Waals surface area contributed by atoms with E-state index in [0.29, 0.717) is 11.4 Å². The summed E-state index contributed by atoms with van der Waals surface area (Å²) in [7, 11) is 0. The molecule has 1 aromatic heterocycles. The fourth-order valence-corrected chi connectivity index (χ4v) is 2.24. The minimum atomic E-state index is -0.111. The molecule has 0 aliphatic rings. The summed E-state index contributed by atoms with van der Waals surface area (Å²) in [6, 6.07) is 9.55. The van der Waals surface area contributed by atoms with Crippen LogP contribution in [0, 0.1) is 6.92 Å². The number of carbonyl (C=O) groups is 1. The Hall–Kier alpha value is -2.36. The van der Waals surface area contributed by atoms with Gasteiger partial charge in [0.05, 0.1) is 0 Å². The highest BCUT2D eigenvalue weighted by molar-refractivity contribution is 6.05. The fourth-order valence-electron chi connectivity index (χ4n) is 2.24. The Labute approximate surface area is 125 Å². The molecule has 1 heterocycles. The first kappa shape index (κ1) is 15.0. The Balaban J connectivity index is 2.24. The van der Waals surface area contributed by atoms with Gasteiger partial charge < -0.3 is 10.6 Å². The summed E-state index contributed by atoms with van der Waals surface area (Å²) in [6.45, 7) is 6.86. The second-order valence-electron chi connectivity index (χ2n) is 4.88. The molecule has 0 aliphatic carbocycles. The van der Waals surface area contributed by atoms with Crippen molar-refractivity contribution < 1.29 is 4.79 Å². The van der Waals surface area contributed by atoms with Gasteiger partial charge in [0.25, 0.3) is 5.91 Å². The number of para-hydroxylation sites is 1.